The molecular weight excluding hydrogens is 372 g/mol. The third-order valence-corrected chi connectivity index (χ3v) is 5.18. The molecule has 1 atom stereocenters. The van der Waals surface area contributed by atoms with E-state index in [-0.39, 0.29) is 17.7 Å². The molecule has 0 radical (unpaired) electrons. The van der Waals surface area contributed by atoms with Crippen molar-refractivity contribution in [2.45, 2.75) is 32.7 Å². The van der Waals surface area contributed by atoms with E-state index in [9.17, 15) is 9.59 Å². The van der Waals surface area contributed by atoms with Crippen molar-refractivity contribution in [2.24, 2.45) is 5.92 Å². The molecule has 3 aromatic carbocycles. The predicted octanol–water partition coefficient (Wildman–Crippen LogP) is 4.91. The molecule has 0 aliphatic rings. The lowest BCUT2D eigenvalue weighted by Crippen LogP contribution is -2.48. The van der Waals surface area contributed by atoms with E-state index in [0.29, 0.717) is 0 Å². The fourth-order valence-electron chi connectivity index (χ4n) is 3.48. The quantitative estimate of drug-likeness (QED) is 0.592. The maximum Gasteiger partial charge on any atom is 0.247 e. The molecule has 0 heterocycles. The Labute approximate surface area is 178 Å². The average Bonchev–Trinajstić information content (AvgIpc) is 2.75. The number of aryl methyl sites for hydroxylation is 1. The summed E-state index contributed by atoms with van der Waals surface area (Å²) in [5.41, 5.74) is 3.52. The Bertz CT molecular complexity index is 945. The molecule has 3 rings (SSSR count). The summed E-state index contributed by atoms with van der Waals surface area (Å²) in [5.74, 6) is -0.955. The second-order valence-corrected chi connectivity index (χ2v) is 7.79. The van der Waals surface area contributed by atoms with Gasteiger partial charge in [0.05, 0.1) is 5.92 Å². The van der Waals surface area contributed by atoms with E-state index in [4.69, 9.17) is 0 Å². The summed E-state index contributed by atoms with van der Waals surface area (Å²) in [4.78, 5) is 26.4. The van der Waals surface area contributed by atoms with Gasteiger partial charge >= 0.3 is 0 Å². The van der Waals surface area contributed by atoms with Gasteiger partial charge in [0.15, 0.2) is 0 Å². The van der Waals surface area contributed by atoms with E-state index >= 15 is 0 Å². The van der Waals surface area contributed by atoms with Crippen molar-refractivity contribution in [1.29, 1.82) is 0 Å². The first-order valence-electron chi connectivity index (χ1n) is 10.2. The molecule has 2 amide bonds. The highest BCUT2D eigenvalue weighted by Gasteiger charge is 2.29. The summed E-state index contributed by atoms with van der Waals surface area (Å²) in [6.45, 7) is 5.81. The minimum absolute atomic E-state index is 0.0647. The van der Waals surface area contributed by atoms with E-state index in [1.54, 1.807) is 0 Å². The fraction of sp³-hybridized carbons (Fsp3) is 0.231. The molecule has 154 valence electrons. The average molecular weight is 401 g/mol. The molecule has 0 aromatic heterocycles. The van der Waals surface area contributed by atoms with Crippen molar-refractivity contribution in [3.63, 3.8) is 0 Å². The molecule has 0 aliphatic heterocycles. The van der Waals surface area contributed by atoms with Crippen LogP contribution in [0.3, 0.4) is 0 Å². The van der Waals surface area contributed by atoms with Crippen LogP contribution in [0.5, 0.6) is 0 Å². The van der Waals surface area contributed by atoms with Gasteiger partial charge in [0.25, 0.3) is 0 Å². The zero-order valence-corrected chi connectivity index (χ0v) is 17.6. The van der Waals surface area contributed by atoms with E-state index in [1.165, 1.54) is 0 Å². The van der Waals surface area contributed by atoms with Gasteiger partial charge in [-0.2, -0.15) is 0 Å². The van der Waals surface area contributed by atoms with Gasteiger partial charge in [0, 0.05) is 5.69 Å². The van der Waals surface area contributed by atoms with Gasteiger partial charge in [0.2, 0.25) is 11.8 Å². The van der Waals surface area contributed by atoms with Crippen LogP contribution < -0.4 is 10.6 Å². The Hall–Kier alpha value is -3.40. The molecule has 0 spiro atoms. The fourth-order valence-corrected chi connectivity index (χ4v) is 3.48. The highest BCUT2D eigenvalue weighted by atomic mass is 16.2. The summed E-state index contributed by atoms with van der Waals surface area (Å²) in [6, 6.07) is 26.3. The van der Waals surface area contributed by atoms with Gasteiger partial charge in [0.1, 0.15) is 6.04 Å². The second kappa shape index (κ2) is 9.88. The Morgan fingerprint density at radius 1 is 0.700 bits per heavy atom. The first kappa shape index (κ1) is 21.3. The zero-order chi connectivity index (χ0) is 21.5. The molecule has 0 unspecified atom stereocenters. The molecule has 2 N–H and O–H groups in total. The number of para-hydroxylation sites is 1. The van der Waals surface area contributed by atoms with Gasteiger partial charge in [-0.1, -0.05) is 92.7 Å². The Kier molecular flexibility index (Phi) is 7.02. The lowest BCUT2D eigenvalue weighted by molar-refractivity contribution is -0.127. The molecule has 0 fully saturated rings. The normalized spacial score (nSPS) is 11.9. The van der Waals surface area contributed by atoms with Gasteiger partial charge < -0.3 is 10.6 Å². The predicted molar refractivity (Wildman–Crippen MR) is 121 cm³/mol. The monoisotopic (exact) mass is 400 g/mol. The van der Waals surface area contributed by atoms with Crippen LogP contribution in [0, 0.1) is 12.8 Å². The number of hydrogen-bond donors (Lipinski definition) is 2. The van der Waals surface area contributed by atoms with E-state index in [2.05, 4.69) is 10.6 Å². The molecule has 0 saturated heterocycles. The minimum atomic E-state index is -0.646. The van der Waals surface area contributed by atoms with Crippen LogP contribution in [-0.2, 0) is 9.59 Å². The Morgan fingerprint density at radius 2 is 1.20 bits per heavy atom. The number of rotatable bonds is 7. The number of anilines is 1. The van der Waals surface area contributed by atoms with Gasteiger partial charge in [-0.25, -0.2) is 0 Å². The van der Waals surface area contributed by atoms with Crippen LogP contribution in [0.1, 0.15) is 36.5 Å². The van der Waals surface area contributed by atoms with Crippen molar-refractivity contribution in [2.75, 3.05) is 5.32 Å². The van der Waals surface area contributed by atoms with Crippen LogP contribution in [0.15, 0.2) is 84.9 Å². The number of carbonyl (C=O) groups is 2. The van der Waals surface area contributed by atoms with Crippen LogP contribution in [-0.4, -0.2) is 17.9 Å². The molecule has 0 aliphatic carbocycles. The number of amides is 2. The molecule has 0 bridgehead atoms. The van der Waals surface area contributed by atoms with Crippen molar-refractivity contribution < 1.29 is 9.59 Å². The molecule has 30 heavy (non-hydrogen) atoms. The summed E-state index contributed by atoms with van der Waals surface area (Å²) in [6.07, 6.45) is 0. The molecule has 4 heteroatoms. The van der Waals surface area contributed by atoms with Crippen LogP contribution in [0.2, 0.25) is 0 Å². The minimum Gasteiger partial charge on any atom is -0.343 e. The standard InChI is InChI=1S/C26H28N2O2/c1-18(2)24(26(30)27-22-17-11-10-12-19(22)3)28-25(29)23(20-13-6-4-7-14-20)21-15-8-5-9-16-21/h4-18,23-24H,1-3H3,(H,27,30)(H,28,29)/t24-/m1/s1. The molecular formula is C26H28N2O2. The highest BCUT2D eigenvalue weighted by molar-refractivity contribution is 5.99. The smallest absolute Gasteiger partial charge is 0.247 e. The van der Waals surface area contributed by atoms with Gasteiger partial charge in [-0.15, -0.1) is 0 Å². The first-order chi connectivity index (χ1) is 14.5. The molecule has 0 saturated carbocycles. The summed E-state index contributed by atoms with van der Waals surface area (Å²) in [5, 5.41) is 5.96. The number of hydrogen-bond acceptors (Lipinski definition) is 2. The SMILES string of the molecule is Cc1ccccc1NC(=O)[C@H](NC(=O)C(c1ccccc1)c1ccccc1)C(C)C. The topological polar surface area (TPSA) is 58.2 Å². The number of benzene rings is 3. The van der Waals surface area contributed by atoms with Crippen molar-refractivity contribution in [1.82, 2.24) is 5.32 Å². The Morgan fingerprint density at radius 3 is 1.70 bits per heavy atom. The third kappa shape index (κ3) is 5.15. The summed E-state index contributed by atoms with van der Waals surface area (Å²) < 4.78 is 0. The third-order valence-electron chi connectivity index (χ3n) is 5.18. The van der Waals surface area contributed by atoms with Crippen LogP contribution in [0.4, 0.5) is 5.69 Å². The maximum atomic E-state index is 13.4. The molecule has 4 nitrogen and oxygen atoms in total. The van der Waals surface area contributed by atoms with E-state index in [1.807, 2.05) is 106 Å². The van der Waals surface area contributed by atoms with E-state index < -0.39 is 12.0 Å². The van der Waals surface area contributed by atoms with Crippen molar-refractivity contribution in [3.05, 3.63) is 102 Å². The number of carbonyl (C=O) groups excluding carboxylic acids is 2. The van der Waals surface area contributed by atoms with Gasteiger partial charge in [-0.3, -0.25) is 9.59 Å². The second-order valence-electron chi connectivity index (χ2n) is 7.79. The zero-order valence-electron chi connectivity index (χ0n) is 17.6. The summed E-state index contributed by atoms with van der Waals surface area (Å²) in [7, 11) is 0. The van der Waals surface area contributed by atoms with Crippen LogP contribution >= 0.6 is 0 Å². The van der Waals surface area contributed by atoms with E-state index in [0.717, 1.165) is 22.4 Å². The van der Waals surface area contributed by atoms with Crippen molar-refractivity contribution >= 4 is 17.5 Å². The molecule has 3 aromatic rings. The van der Waals surface area contributed by atoms with Crippen molar-refractivity contribution in [3.8, 4) is 0 Å². The maximum absolute atomic E-state index is 13.4. The highest BCUT2D eigenvalue weighted by Crippen LogP contribution is 2.25. The summed E-state index contributed by atoms with van der Waals surface area (Å²) >= 11 is 0. The largest absolute Gasteiger partial charge is 0.343 e. The van der Waals surface area contributed by atoms with Crippen LogP contribution in [0.25, 0.3) is 0 Å². The first-order valence-corrected chi connectivity index (χ1v) is 10.2. The lowest BCUT2D eigenvalue weighted by atomic mass is 9.89. The van der Waals surface area contributed by atoms with Gasteiger partial charge in [-0.05, 0) is 35.6 Å². The lowest BCUT2D eigenvalue weighted by Gasteiger charge is -2.25. The number of nitrogens with one attached hydrogen (secondary N) is 2. The Balaban J connectivity index is 1.85.